The second-order valence-electron chi connectivity index (χ2n) is 6.76. The number of nitriles is 1. The zero-order valence-corrected chi connectivity index (χ0v) is 14.5. The first-order valence-corrected chi connectivity index (χ1v) is 8.96. The maximum atomic E-state index is 15.2. The number of halogens is 1. The summed E-state index contributed by atoms with van der Waals surface area (Å²) >= 11 is 0. The van der Waals surface area contributed by atoms with Gasteiger partial charge in [0.25, 0.3) is 0 Å². The van der Waals surface area contributed by atoms with E-state index >= 15 is 4.39 Å². The summed E-state index contributed by atoms with van der Waals surface area (Å²) in [6.45, 7) is 0. The van der Waals surface area contributed by atoms with E-state index in [4.69, 9.17) is 4.42 Å². The van der Waals surface area contributed by atoms with Gasteiger partial charge in [-0.15, -0.1) is 0 Å². The van der Waals surface area contributed by atoms with Gasteiger partial charge in [0.2, 0.25) is 5.89 Å². The first-order valence-electron chi connectivity index (χ1n) is 8.96. The van der Waals surface area contributed by atoms with Gasteiger partial charge < -0.3 is 4.42 Å². The van der Waals surface area contributed by atoms with Crippen LogP contribution in [-0.2, 0) is 12.8 Å². The first kappa shape index (κ1) is 15.8. The van der Waals surface area contributed by atoms with Crippen molar-refractivity contribution < 1.29 is 8.81 Å². The smallest absolute Gasteiger partial charge is 0.230 e. The van der Waals surface area contributed by atoms with E-state index in [2.05, 4.69) is 11.1 Å². The van der Waals surface area contributed by atoms with Gasteiger partial charge in [0, 0.05) is 5.56 Å². The fourth-order valence-corrected chi connectivity index (χ4v) is 3.89. The van der Waals surface area contributed by atoms with Crippen LogP contribution in [0.1, 0.15) is 23.1 Å². The summed E-state index contributed by atoms with van der Waals surface area (Å²) in [4.78, 5) is 4.51. The molecule has 130 valence electrons. The van der Waals surface area contributed by atoms with E-state index in [0.29, 0.717) is 27.8 Å². The van der Waals surface area contributed by atoms with Crippen LogP contribution in [0, 0.1) is 17.1 Å². The van der Waals surface area contributed by atoms with E-state index < -0.39 is 0 Å². The molecule has 5 rings (SSSR count). The highest BCUT2D eigenvalue weighted by molar-refractivity contribution is 5.85. The fourth-order valence-electron chi connectivity index (χ4n) is 3.89. The minimum atomic E-state index is -0.374. The lowest BCUT2D eigenvalue weighted by Crippen LogP contribution is -1.89. The molecule has 0 saturated carbocycles. The lowest BCUT2D eigenvalue weighted by atomic mass is 10.0. The second kappa shape index (κ2) is 6.07. The fraction of sp³-hybridized carbons (Fsp3) is 0.130. The van der Waals surface area contributed by atoms with Gasteiger partial charge >= 0.3 is 0 Å². The van der Waals surface area contributed by atoms with Gasteiger partial charge in [0.1, 0.15) is 23.0 Å². The van der Waals surface area contributed by atoms with E-state index in [9.17, 15) is 5.26 Å². The van der Waals surface area contributed by atoms with Crippen LogP contribution in [0.25, 0.3) is 33.7 Å². The van der Waals surface area contributed by atoms with Crippen LogP contribution in [0.3, 0.4) is 0 Å². The molecule has 0 atom stereocenters. The van der Waals surface area contributed by atoms with Crippen molar-refractivity contribution in [2.75, 3.05) is 0 Å². The molecule has 1 aliphatic rings. The molecule has 0 aliphatic heterocycles. The van der Waals surface area contributed by atoms with Crippen LogP contribution in [-0.4, -0.2) is 4.98 Å². The molecule has 1 aromatic heterocycles. The summed E-state index contributed by atoms with van der Waals surface area (Å²) in [5.41, 5.74) is 5.41. The van der Waals surface area contributed by atoms with Crippen molar-refractivity contribution in [3.63, 3.8) is 0 Å². The van der Waals surface area contributed by atoms with Crippen molar-refractivity contribution >= 4 is 11.1 Å². The Morgan fingerprint density at radius 3 is 2.63 bits per heavy atom. The molecule has 1 aliphatic carbocycles. The molecule has 0 unspecified atom stereocenters. The molecule has 0 saturated heterocycles. The zero-order valence-electron chi connectivity index (χ0n) is 14.5. The summed E-state index contributed by atoms with van der Waals surface area (Å²) in [6.07, 6.45) is 2.86. The van der Waals surface area contributed by atoms with Gasteiger partial charge in [-0.05, 0) is 48.1 Å². The van der Waals surface area contributed by atoms with E-state index in [1.807, 2.05) is 36.4 Å². The Balaban J connectivity index is 1.70. The van der Waals surface area contributed by atoms with E-state index in [1.165, 1.54) is 0 Å². The maximum Gasteiger partial charge on any atom is 0.230 e. The largest absolute Gasteiger partial charge is 0.435 e. The van der Waals surface area contributed by atoms with Gasteiger partial charge in [0.05, 0.1) is 5.56 Å². The molecular formula is C23H15FN2O. The van der Waals surface area contributed by atoms with Crippen molar-refractivity contribution in [3.8, 4) is 28.7 Å². The number of aromatic nitrogens is 1. The summed E-state index contributed by atoms with van der Waals surface area (Å²) in [6, 6.07) is 18.8. The van der Waals surface area contributed by atoms with Gasteiger partial charge in [-0.2, -0.15) is 5.26 Å². The van der Waals surface area contributed by atoms with E-state index in [1.54, 1.807) is 18.2 Å². The molecule has 0 N–H and O–H groups in total. The topological polar surface area (TPSA) is 49.8 Å². The van der Waals surface area contributed by atoms with Crippen LogP contribution in [0.2, 0.25) is 0 Å². The molecule has 3 nitrogen and oxygen atoms in total. The molecule has 0 bridgehead atoms. The Bertz CT molecular complexity index is 1220. The third-order valence-corrected chi connectivity index (χ3v) is 5.18. The average molecular weight is 354 g/mol. The van der Waals surface area contributed by atoms with Crippen molar-refractivity contribution in [1.82, 2.24) is 4.98 Å². The maximum absolute atomic E-state index is 15.2. The van der Waals surface area contributed by atoms with Gasteiger partial charge in [0.15, 0.2) is 5.58 Å². The van der Waals surface area contributed by atoms with Crippen molar-refractivity contribution in [2.45, 2.75) is 19.3 Å². The Kier molecular flexibility index (Phi) is 3.54. The number of nitrogens with zero attached hydrogens (tertiary/aromatic N) is 2. The normalized spacial score (nSPS) is 12.9. The highest BCUT2D eigenvalue weighted by Crippen LogP contribution is 2.36. The lowest BCUT2D eigenvalue weighted by Gasteiger charge is -2.06. The summed E-state index contributed by atoms with van der Waals surface area (Å²) < 4.78 is 21.1. The van der Waals surface area contributed by atoms with Crippen LogP contribution in [0.5, 0.6) is 0 Å². The highest BCUT2D eigenvalue weighted by atomic mass is 19.1. The average Bonchev–Trinajstić information content (AvgIpc) is 3.33. The number of benzene rings is 3. The molecule has 4 aromatic rings. The van der Waals surface area contributed by atoms with Crippen LogP contribution < -0.4 is 0 Å². The predicted molar refractivity (Wildman–Crippen MR) is 102 cm³/mol. The Morgan fingerprint density at radius 2 is 1.81 bits per heavy atom. The Hall–Kier alpha value is -3.45. The number of fused-ring (bicyclic) bond motifs is 2. The molecule has 3 aromatic carbocycles. The minimum absolute atomic E-state index is 0.209. The third kappa shape index (κ3) is 2.43. The second-order valence-corrected chi connectivity index (χ2v) is 6.76. The summed E-state index contributed by atoms with van der Waals surface area (Å²) in [5.74, 6) is -0.165. The molecule has 0 radical (unpaired) electrons. The van der Waals surface area contributed by atoms with Crippen molar-refractivity contribution in [2.24, 2.45) is 0 Å². The number of rotatable bonds is 2. The quantitative estimate of drug-likeness (QED) is 0.466. The minimum Gasteiger partial charge on any atom is -0.435 e. The van der Waals surface area contributed by atoms with Crippen molar-refractivity contribution in [1.29, 1.82) is 5.26 Å². The molecule has 0 amide bonds. The molecule has 1 heterocycles. The van der Waals surface area contributed by atoms with E-state index in [-0.39, 0.29) is 11.7 Å². The van der Waals surface area contributed by atoms with Crippen LogP contribution in [0.4, 0.5) is 4.39 Å². The third-order valence-electron chi connectivity index (χ3n) is 5.18. The number of oxazole rings is 1. The zero-order chi connectivity index (χ0) is 18.4. The summed E-state index contributed by atoms with van der Waals surface area (Å²) in [5, 5.41) is 9.62. The van der Waals surface area contributed by atoms with Crippen LogP contribution >= 0.6 is 0 Å². The van der Waals surface area contributed by atoms with Gasteiger partial charge in [-0.3, -0.25) is 0 Å². The molecule has 0 fully saturated rings. The highest BCUT2D eigenvalue weighted by Gasteiger charge is 2.23. The standard InChI is InChI=1S/C23H15FN2O/c24-21-17(14-6-2-1-3-7-14)10-5-11-18(21)23-26-20-12-15-8-4-9-16(15)19(13-25)22(20)27-23/h1-3,5-7,10-12H,4,8-9H2. The molecule has 4 heteroatoms. The van der Waals surface area contributed by atoms with Crippen molar-refractivity contribution in [3.05, 3.63) is 77.1 Å². The molecule has 0 spiro atoms. The van der Waals surface area contributed by atoms with E-state index in [0.717, 1.165) is 36.0 Å². The monoisotopic (exact) mass is 354 g/mol. The van der Waals surface area contributed by atoms with Gasteiger partial charge in [-0.1, -0.05) is 42.5 Å². The number of aryl methyl sites for hydroxylation is 1. The Morgan fingerprint density at radius 1 is 1.00 bits per heavy atom. The SMILES string of the molecule is N#Cc1c2c(cc3nc(-c4cccc(-c5ccccc5)c4F)oc13)CCC2. The van der Waals surface area contributed by atoms with Crippen LogP contribution in [0.15, 0.2) is 59.0 Å². The van der Waals surface area contributed by atoms with Gasteiger partial charge in [-0.25, -0.2) is 9.37 Å². The molecular weight excluding hydrogens is 339 g/mol. The predicted octanol–water partition coefficient (Wildman–Crippen LogP) is 5.66. The summed E-state index contributed by atoms with van der Waals surface area (Å²) in [7, 11) is 0. The lowest BCUT2D eigenvalue weighted by molar-refractivity contribution is 0.594. The number of hydrogen-bond acceptors (Lipinski definition) is 3. The Labute approximate surface area is 155 Å². The molecule has 27 heavy (non-hydrogen) atoms. The first-order chi connectivity index (χ1) is 13.3. The number of hydrogen-bond donors (Lipinski definition) is 0.